The largest absolute Gasteiger partial charge is 0.399 e. The zero-order valence-corrected chi connectivity index (χ0v) is 10.7. The van der Waals surface area contributed by atoms with Crippen LogP contribution >= 0.6 is 0 Å². The van der Waals surface area contributed by atoms with Gasteiger partial charge in [-0.15, -0.1) is 0 Å². The molecule has 2 N–H and O–H groups in total. The molecule has 1 aliphatic rings. The average Bonchev–Trinajstić information content (AvgIpc) is 2.37. The van der Waals surface area contributed by atoms with Crippen molar-refractivity contribution in [3.05, 3.63) is 29.8 Å². The summed E-state index contributed by atoms with van der Waals surface area (Å²) >= 11 is 0. The summed E-state index contributed by atoms with van der Waals surface area (Å²) in [6, 6.07) is 8.00. The lowest BCUT2D eigenvalue weighted by Crippen LogP contribution is -2.27. The number of nitrogen functional groups attached to an aromatic ring is 1. The Kier molecular flexibility index (Phi) is 4.43. The maximum atomic E-state index is 6.07. The van der Waals surface area contributed by atoms with Gasteiger partial charge >= 0.3 is 0 Å². The van der Waals surface area contributed by atoms with E-state index in [0.29, 0.717) is 12.7 Å². The van der Waals surface area contributed by atoms with Gasteiger partial charge in [0.2, 0.25) is 0 Å². The molecule has 2 atom stereocenters. The summed E-state index contributed by atoms with van der Waals surface area (Å²) in [4.78, 5) is 0. The van der Waals surface area contributed by atoms with E-state index in [2.05, 4.69) is 13.0 Å². The van der Waals surface area contributed by atoms with Gasteiger partial charge in [0.05, 0.1) is 12.7 Å². The highest BCUT2D eigenvalue weighted by molar-refractivity contribution is 5.40. The van der Waals surface area contributed by atoms with Crippen molar-refractivity contribution in [3.8, 4) is 0 Å². The van der Waals surface area contributed by atoms with Crippen molar-refractivity contribution < 1.29 is 4.74 Å². The first-order valence-corrected chi connectivity index (χ1v) is 6.75. The summed E-state index contributed by atoms with van der Waals surface area (Å²) in [6.45, 7) is 2.97. The topological polar surface area (TPSA) is 35.2 Å². The standard InChI is InChI=1S/C15H23NO/c1-2-13-7-3-4-9-15(13)17-11-12-6-5-8-14(16)10-12/h5-6,8,10,13,15H,2-4,7,9,11,16H2,1H3. The Hall–Kier alpha value is -1.02. The summed E-state index contributed by atoms with van der Waals surface area (Å²) in [5, 5.41) is 0. The molecule has 0 heterocycles. The van der Waals surface area contributed by atoms with Crippen molar-refractivity contribution in [2.45, 2.75) is 51.7 Å². The molecular formula is C15H23NO. The summed E-state index contributed by atoms with van der Waals surface area (Å²) in [5.74, 6) is 0.754. The molecule has 0 radical (unpaired) electrons. The maximum absolute atomic E-state index is 6.07. The Morgan fingerprint density at radius 2 is 2.12 bits per heavy atom. The van der Waals surface area contributed by atoms with Crippen LogP contribution in [0.4, 0.5) is 5.69 Å². The molecule has 0 bridgehead atoms. The third-order valence-electron chi connectivity index (χ3n) is 3.78. The van der Waals surface area contributed by atoms with Crippen molar-refractivity contribution in [2.75, 3.05) is 5.73 Å². The lowest BCUT2D eigenvalue weighted by atomic mass is 9.85. The van der Waals surface area contributed by atoms with Crippen LogP contribution in [0.5, 0.6) is 0 Å². The Labute approximate surface area is 104 Å². The van der Waals surface area contributed by atoms with Gasteiger partial charge in [0, 0.05) is 5.69 Å². The minimum absolute atomic E-state index is 0.454. The predicted molar refractivity (Wildman–Crippen MR) is 71.7 cm³/mol. The van der Waals surface area contributed by atoms with E-state index in [9.17, 15) is 0 Å². The molecule has 2 rings (SSSR count). The molecule has 1 saturated carbocycles. The van der Waals surface area contributed by atoms with Gasteiger partial charge in [0.15, 0.2) is 0 Å². The fourth-order valence-electron chi connectivity index (χ4n) is 2.75. The third kappa shape index (κ3) is 3.47. The van der Waals surface area contributed by atoms with Crippen LogP contribution in [0, 0.1) is 5.92 Å². The minimum Gasteiger partial charge on any atom is -0.399 e. The maximum Gasteiger partial charge on any atom is 0.0721 e. The fourth-order valence-corrected chi connectivity index (χ4v) is 2.75. The van der Waals surface area contributed by atoms with Crippen LogP contribution < -0.4 is 5.73 Å². The second kappa shape index (κ2) is 6.06. The van der Waals surface area contributed by atoms with Crippen LogP contribution in [-0.4, -0.2) is 6.10 Å². The molecule has 94 valence electrons. The van der Waals surface area contributed by atoms with Crippen molar-refractivity contribution in [1.82, 2.24) is 0 Å². The quantitative estimate of drug-likeness (QED) is 0.804. The van der Waals surface area contributed by atoms with Gasteiger partial charge in [-0.3, -0.25) is 0 Å². The SMILES string of the molecule is CCC1CCCCC1OCc1cccc(N)c1. The van der Waals surface area contributed by atoms with E-state index in [4.69, 9.17) is 10.5 Å². The molecule has 2 unspecified atom stereocenters. The van der Waals surface area contributed by atoms with Gasteiger partial charge in [0.1, 0.15) is 0 Å². The first kappa shape index (κ1) is 12.4. The Morgan fingerprint density at radius 3 is 2.88 bits per heavy atom. The minimum atomic E-state index is 0.454. The van der Waals surface area contributed by atoms with Gasteiger partial charge in [-0.2, -0.15) is 0 Å². The highest BCUT2D eigenvalue weighted by atomic mass is 16.5. The molecule has 1 aliphatic carbocycles. The first-order valence-electron chi connectivity index (χ1n) is 6.75. The number of ether oxygens (including phenoxy) is 1. The normalized spacial score (nSPS) is 24.8. The monoisotopic (exact) mass is 233 g/mol. The van der Waals surface area contributed by atoms with Crippen LogP contribution in [0.3, 0.4) is 0 Å². The molecule has 1 fully saturated rings. The van der Waals surface area contributed by atoms with E-state index in [0.717, 1.165) is 11.6 Å². The molecule has 1 aromatic carbocycles. The van der Waals surface area contributed by atoms with Crippen LogP contribution in [0.25, 0.3) is 0 Å². The molecule has 17 heavy (non-hydrogen) atoms. The van der Waals surface area contributed by atoms with E-state index >= 15 is 0 Å². The second-order valence-corrected chi connectivity index (χ2v) is 5.05. The Bertz CT molecular complexity index is 351. The van der Waals surface area contributed by atoms with E-state index in [1.165, 1.54) is 37.7 Å². The number of rotatable bonds is 4. The lowest BCUT2D eigenvalue weighted by molar-refractivity contribution is -0.0221. The van der Waals surface area contributed by atoms with Crippen molar-refractivity contribution >= 4 is 5.69 Å². The van der Waals surface area contributed by atoms with Gasteiger partial charge in [-0.1, -0.05) is 38.3 Å². The van der Waals surface area contributed by atoms with Crippen LogP contribution in [0.15, 0.2) is 24.3 Å². The van der Waals surface area contributed by atoms with Crippen LogP contribution in [0.1, 0.15) is 44.6 Å². The van der Waals surface area contributed by atoms with Gasteiger partial charge in [-0.05, 0) is 36.5 Å². The average molecular weight is 233 g/mol. The Balaban J connectivity index is 1.88. The number of nitrogens with two attached hydrogens (primary N) is 1. The summed E-state index contributed by atoms with van der Waals surface area (Å²) in [7, 11) is 0. The molecule has 0 aromatic heterocycles. The van der Waals surface area contributed by atoms with E-state index in [1.807, 2.05) is 18.2 Å². The van der Waals surface area contributed by atoms with Gasteiger partial charge in [0.25, 0.3) is 0 Å². The zero-order valence-electron chi connectivity index (χ0n) is 10.7. The molecular weight excluding hydrogens is 210 g/mol. The van der Waals surface area contributed by atoms with E-state index in [1.54, 1.807) is 0 Å². The molecule has 0 spiro atoms. The summed E-state index contributed by atoms with van der Waals surface area (Å²) in [5.41, 5.74) is 7.77. The molecule has 2 heteroatoms. The number of anilines is 1. The van der Waals surface area contributed by atoms with Crippen LogP contribution in [-0.2, 0) is 11.3 Å². The fraction of sp³-hybridized carbons (Fsp3) is 0.600. The second-order valence-electron chi connectivity index (χ2n) is 5.05. The molecule has 0 aliphatic heterocycles. The third-order valence-corrected chi connectivity index (χ3v) is 3.78. The highest BCUT2D eigenvalue weighted by Crippen LogP contribution is 2.29. The number of benzene rings is 1. The lowest BCUT2D eigenvalue weighted by Gasteiger charge is -2.30. The molecule has 2 nitrogen and oxygen atoms in total. The van der Waals surface area contributed by atoms with Gasteiger partial charge < -0.3 is 10.5 Å². The van der Waals surface area contributed by atoms with Crippen LogP contribution in [0.2, 0.25) is 0 Å². The highest BCUT2D eigenvalue weighted by Gasteiger charge is 2.23. The molecule has 0 amide bonds. The summed E-state index contributed by atoms with van der Waals surface area (Å²) in [6.07, 6.45) is 6.94. The van der Waals surface area contributed by atoms with Gasteiger partial charge in [-0.25, -0.2) is 0 Å². The Morgan fingerprint density at radius 1 is 1.29 bits per heavy atom. The van der Waals surface area contributed by atoms with E-state index in [-0.39, 0.29) is 0 Å². The van der Waals surface area contributed by atoms with E-state index < -0.39 is 0 Å². The predicted octanol–water partition coefficient (Wildman–Crippen LogP) is 3.75. The zero-order chi connectivity index (χ0) is 12.1. The van der Waals surface area contributed by atoms with Crippen molar-refractivity contribution in [2.24, 2.45) is 5.92 Å². The van der Waals surface area contributed by atoms with Crippen molar-refractivity contribution in [1.29, 1.82) is 0 Å². The molecule has 1 aromatic rings. The number of hydrogen-bond donors (Lipinski definition) is 1. The van der Waals surface area contributed by atoms with Crippen molar-refractivity contribution in [3.63, 3.8) is 0 Å². The molecule has 0 saturated heterocycles. The summed E-state index contributed by atoms with van der Waals surface area (Å²) < 4.78 is 6.07. The number of hydrogen-bond acceptors (Lipinski definition) is 2. The first-order chi connectivity index (χ1) is 8.29. The smallest absolute Gasteiger partial charge is 0.0721 e.